The number of hydrogen-bond donors (Lipinski definition) is 1. The highest BCUT2D eigenvalue weighted by Crippen LogP contribution is 2.42. The van der Waals surface area contributed by atoms with E-state index in [1.54, 1.807) is 26.6 Å². The number of allylic oxidation sites excluding steroid dienone is 1. The number of furan rings is 1. The van der Waals surface area contributed by atoms with E-state index in [9.17, 15) is 4.79 Å². The van der Waals surface area contributed by atoms with Crippen LogP contribution in [0.2, 0.25) is 0 Å². The van der Waals surface area contributed by atoms with E-state index < -0.39 is 0 Å². The molecule has 0 bridgehead atoms. The first-order chi connectivity index (χ1) is 15.9. The van der Waals surface area contributed by atoms with Gasteiger partial charge in [-0.2, -0.15) is 0 Å². The molecule has 0 spiro atoms. The largest absolute Gasteiger partial charge is 0.493 e. The van der Waals surface area contributed by atoms with Crippen molar-refractivity contribution in [2.24, 2.45) is 0 Å². The summed E-state index contributed by atoms with van der Waals surface area (Å²) in [6.45, 7) is 9.13. The Kier molecular flexibility index (Phi) is 8.04. The number of fused-ring (bicyclic) bond motifs is 1. The number of methoxy groups -OCH3 is 2. The molecule has 0 fully saturated rings. The molecule has 176 valence electrons. The fraction of sp³-hybridized carbons (Fsp3) is 0.370. The molecule has 0 atom stereocenters. The molecule has 6 heteroatoms. The van der Waals surface area contributed by atoms with Gasteiger partial charge in [-0.15, -0.1) is 0 Å². The van der Waals surface area contributed by atoms with Gasteiger partial charge in [0.15, 0.2) is 11.5 Å². The van der Waals surface area contributed by atoms with Crippen LogP contribution in [0, 0.1) is 6.92 Å². The number of aryl methyl sites for hydroxylation is 1. The van der Waals surface area contributed by atoms with Crippen molar-refractivity contribution in [3.05, 3.63) is 47.7 Å². The molecule has 2 aromatic carbocycles. The summed E-state index contributed by atoms with van der Waals surface area (Å²) in [5.41, 5.74) is 5.23. The molecule has 0 aliphatic carbocycles. The maximum atomic E-state index is 12.4. The molecule has 33 heavy (non-hydrogen) atoms. The number of amides is 1. The minimum atomic E-state index is -0.103. The van der Waals surface area contributed by atoms with Gasteiger partial charge in [-0.1, -0.05) is 19.4 Å². The summed E-state index contributed by atoms with van der Waals surface area (Å²) >= 11 is 0. The molecule has 6 nitrogen and oxygen atoms in total. The normalized spacial score (nSPS) is 11.5. The maximum absolute atomic E-state index is 12.4. The van der Waals surface area contributed by atoms with Gasteiger partial charge < -0.3 is 23.9 Å². The Bertz CT molecular complexity index is 1160. The van der Waals surface area contributed by atoms with Crippen molar-refractivity contribution in [3.8, 4) is 28.4 Å². The first kappa shape index (κ1) is 24.2. The second kappa shape index (κ2) is 10.9. The molecule has 3 rings (SSSR count). The second-order valence-corrected chi connectivity index (χ2v) is 7.88. The number of rotatable bonds is 10. The molecule has 0 saturated heterocycles. The fourth-order valence-corrected chi connectivity index (χ4v) is 3.88. The number of ether oxygens (including phenoxy) is 3. The molecule has 0 saturated carbocycles. The quantitative estimate of drug-likeness (QED) is 0.296. The van der Waals surface area contributed by atoms with Crippen LogP contribution in [-0.2, 0) is 4.79 Å². The van der Waals surface area contributed by atoms with Gasteiger partial charge in [-0.3, -0.25) is 4.79 Å². The van der Waals surface area contributed by atoms with Crippen LogP contribution < -0.4 is 19.5 Å². The van der Waals surface area contributed by atoms with Crippen LogP contribution in [0.3, 0.4) is 0 Å². The van der Waals surface area contributed by atoms with Crippen LogP contribution in [0.15, 0.2) is 41.0 Å². The third-order valence-corrected chi connectivity index (χ3v) is 5.63. The van der Waals surface area contributed by atoms with Crippen LogP contribution in [0.1, 0.15) is 44.7 Å². The Morgan fingerprint density at radius 2 is 1.88 bits per heavy atom. The van der Waals surface area contributed by atoms with Gasteiger partial charge in [-0.05, 0) is 56.5 Å². The Hall–Kier alpha value is -3.41. The number of unbranched alkanes of at least 4 members (excludes halogenated alkanes) is 1. The third-order valence-electron chi connectivity index (χ3n) is 5.63. The lowest BCUT2D eigenvalue weighted by atomic mass is 9.96. The summed E-state index contributed by atoms with van der Waals surface area (Å²) in [4.78, 5) is 12.4. The molecular weight excluding hydrogens is 418 g/mol. The van der Waals surface area contributed by atoms with Crippen LogP contribution >= 0.6 is 0 Å². The monoisotopic (exact) mass is 451 g/mol. The average molecular weight is 452 g/mol. The first-order valence-electron chi connectivity index (χ1n) is 11.3. The smallest absolute Gasteiger partial charge is 0.244 e. The first-order valence-corrected chi connectivity index (χ1v) is 11.3. The number of carbonyl (C=O) groups excluding carboxylic acids is 1. The van der Waals surface area contributed by atoms with Gasteiger partial charge in [-0.25, -0.2) is 0 Å². The number of nitrogens with one attached hydrogen (secondary N) is 1. The van der Waals surface area contributed by atoms with E-state index in [1.165, 1.54) is 0 Å². The molecular formula is C27H33NO5. The fourth-order valence-electron chi connectivity index (χ4n) is 3.88. The van der Waals surface area contributed by atoms with Crippen molar-refractivity contribution in [1.29, 1.82) is 0 Å². The Labute approximate surface area is 195 Å². The van der Waals surface area contributed by atoms with E-state index in [4.69, 9.17) is 18.6 Å². The van der Waals surface area contributed by atoms with E-state index in [2.05, 4.69) is 12.2 Å². The van der Waals surface area contributed by atoms with Crippen molar-refractivity contribution in [2.75, 3.05) is 27.4 Å². The van der Waals surface area contributed by atoms with Gasteiger partial charge in [0.1, 0.15) is 11.3 Å². The Morgan fingerprint density at radius 3 is 2.55 bits per heavy atom. The third kappa shape index (κ3) is 5.16. The standard InChI is InChI=1S/C27H33NO5/c1-7-9-12-28-25(29)13-17(3)20-15-21-22(16-33-27(21)18(4)26(20)32-8-2)19-10-11-23(30-5)24(14-19)31-6/h10-11,13-16H,7-9,12H2,1-6H3,(H,28,29)/b17-13+. The minimum Gasteiger partial charge on any atom is -0.493 e. The highest BCUT2D eigenvalue weighted by molar-refractivity contribution is 6.01. The van der Waals surface area contributed by atoms with E-state index in [-0.39, 0.29) is 5.91 Å². The SMILES string of the molecule is CCCCNC(=O)/C=C(\C)c1cc2c(-c3ccc(OC)c(OC)c3)coc2c(C)c1OCC. The van der Waals surface area contributed by atoms with Gasteiger partial charge in [0.2, 0.25) is 5.91 Å². The van der Waals surface area contributed by atoms with E-state index in [1.807, 2.05) is 45.0 Å². The number of carbonyl (C=O) groups is 1. The molecule has 3 aromatic rings. The summed E-state index contributed by atoms with van der Waals surface area (Å²) < 4.78 is 22.8. The summed E-state index contributed by atoms with van der Waals surface area (Å²) in [7, 11) is 3.23. The zero-order valence-corrected chi connectivity index (χ0v) is 20.3. The maximum Gasteiger partial charge on any atom is 0.244 e. The van der Waals surface area contributed by atoms with Gasteiger partial charge in [0.25, 0.3) is 0 Å². The Balaban J connectivity index is 2.12. The summed E-state index contributed by atoms with van der Waals surface area (Å²) in [6, 6.07) is 7.81. The second-order valence-electron chi connectivity index (χ2n) is 7.88. The van der Waals surface area contributed by atoms with Crippen LogP contribution in [0.5, 0.6) is 17.2 Å². The van der Waals surface area contributed by atoms with Crippen LogP contribution in [0.25, 0.3) is 27.7 Å². The molecule has 1 aromatic heterocycles. The van der Waals surface area contributed by atoms with Crippen molar-refractivity contribution >= 4 is 22.4 Å². The van der Waals surface area contributed by atoms with Crippen molar-refractivity contribution < 1.29 is 23.4 Å². The van der Waals surface area contributed by atoms with E-state index in [0.717, 1.165) is 57.4 Å². The summed E-state index contributed by atoms with van der Waals surface area (Å²) in [6.07, 6.45) is 5.37. The van der Waals surface area contributed by atoms with E-state index in [0.29, 0.717) is 24.7 Å². The molecule has 1 heterocycles. The molecule has 1 N–H and O–H groups in total. The zero-order chi connectivity index (χ0) is 24.0. The molecule has 0 unspecified atom stereocenters. The zero-order valence-electron chi connectivity index (χ0n) is 20.3. The highest BCUT2D eigenvalue weighted by atomic mass is 16.5. The van der Waals surface area contributed by atoms with Crippen LogP contribution in [0.4, 0.5) is 0 Å². The lowest BCUT2D eigenvalue weighted by Gasteiger charge is -2.15. The number of hydrogen-bond acceptors (Lipinski definition) is 5. The summed E-state index contributed by atoms with van der Waals surface area (Å²) in [5, 5.41) is 3.88. The van der Waals surface area contributed by atoms with Gasteiger partial charge in [0, 0.05) is 34.7 Å². The minimum absolute atomic E-state index is 0.103. The molecule has 0 radical (unpaired) electrons. The van der Waals surface area contributed by atoms with Crippen LogP contribution in [-0.4, -0.2) is 33.3 Å². The topological polar surface area (TPSA) is 69.9 Å². The van der Waals surface area contributed by atoms with E-state index >= 15 is 0 Å². The lowest BCUT2D eigenvalue weighted by molar-refractivity contribution is -0.116. The predicted octanol–water partition coefficient (Wildman–Crippen LogP) is 6.14. The predicted molar refractivity (Wildman–Crippen MR) is 132 cm³/mol. The van der Waals surface area contributed by atoms with Gasteiger partial charge >= 0.3 is 0 Å². The Morgan fingerprint density at radius 1 is 1.12 bits per heavy atom. The average Bonchev–Trinajstić information content (AvgIpc) is 3.24. The summed E-state index contributed by atoms with van der Waals surface area (Å²) in [5.74, 6) is 1.94. The lowest BCUT2D eigenvalue weighted by Crippen LogP contribution is -2.22. The number of benzene rings is 2. The van der Waals surface area contributed by atoms with Crippen molar-refractivity contribution in [3.63, 3.8) is 0 Å². The molecule has 0 aliphatic rings. The van der Waals surface area contributed by atoms with Crippen molar-refractivity contribution in [2.45, 2.75) is 40.5 Å². The van der Waals surface area contributed by atoms with Crippen molar-refractivity contribution in [1.82, 2.24) is 5.32 Å². The molecule has 1 amide bonds. The highest BCUT2D eigenvalue weighted by Gasteiger charge is 2.20. The molecule has 0 aliphatic heterocycles. The van der Waals surface area contributed by atoms with Gasteiger partial charge in [0.05, 0.1) is 27.1 Å².